The highest BCUT2D eigenvalue weighted by molar-refractivity contribution is 6.31. The Balaban J connectivity index is 1.61. The lowest BCUT2D eigenvalue weighted by molar-refractivity contribution is -0.132. The molecule has 0 spiro atoms. The van der Waals surface area contributed by atoms with Crippen LogP contribution in [0.1, 0.15) is 49.3 Å². The van der Waals surface area contributed by atoms with E-state index in [0.29, 0.717) is 58.4 Å². The second-order valence-electron chi connectivity index (χ2n) is 7.86. The average molecular weight is 486 g/mol. The van der Waals surface area contributed by atoms with E-state index in [2.05, 4.69) is 9.97 Å². The number of carbonyl (C=O) groups excluding carboxylic acids is 2. The van der Waals surface area contributed by atoms with Gasteiger partial charge in [0.05, 0.1) is 31.2 Å². The Bertz CT molecular complexity index is 1240. The molecule has 0 fully saturated rings. The Morgan fingerprint density at radius 3 is 2.65 bits per heavy atom. The maximum Gasteiger partial charge on any atom is 0.258 e. The quantitative estimate of drug-likeness (QED) is 0.319. The van der Waals surface area contributed by atoms with E-state index in [1.165, 1.54) is 14.0 Å². The number of aromatic amines is 1. The fourth-order valence-electron chi connectivity index (χ4n) is 3.55. The van der Waals surface area contributed by atoms with E-state index in [1.807, 2.05) is 6.92 Å². The number of carbonyl (C=O) groups is 2. The van der Waals surface area contributed by atoms with Crippen molar-refractivity contribution < 1.29 is 19.1 Å². The molecule has 1 amide bonds. The minimum absolute atomic E-state index is 0.0572. The summed E-state index contributed by atoms with van der Waals surface area (Å²) in [5.74, 6) is 1.28. The molecule has 0 aliphatic carbocycles. The number of fused-ring (bicyclic) bond motifs is 1. The summed E-state index contributed by atoms with van der Waals surface area (Å²) in [6.07, 6.45) is 1.54. The number of ketones is 1. The number of rotatable bonds is 11. The zero-order chi connectivity index (χ0) is 24.7. The lowest BCUT2D eigenvalue weighted by atomic mass is 10.1. The standard InChI is InChI=1S/C25H28ClN3O5/c1-4-11-29(15-23-27-20-14-18(26)8-9-19(20)25(32)28-23)24(31)6-5-12-34-21-10-7-17(16(2)30)13-22(21)33-3/h7-10,13-14H,4-6,11-12,15H2,1-3H3,(H,27,28,32). The molecule has 1 aromatic heterocycles. The number of hydrogen-bond donors (Lipinski definition) is 1. The molecular formula is C25H28ClN3O5. The zero-order valence-electron chi connectivity index (χ0n) is 19.5. The van der Waals surface area contributed by atoms with Crippen LogP contribution in [0, 0.1) is 0 Å². The Morgan fingerprint density at radius 2 is 1.94 bits per heavy atom. The number of methoxy groups -OCH3 is 1. The molecule has 34 heavy (non-hydrogen) atoms. The highest BCUT2D eigenvalue weighted by atomic mass is 35.5. The van der Waals surface area contributed by atoms with Gasteiger partial charge < -0.3 is 19.4 Å². The smallest absolute Gasteiger partial charge is 0.258 e. The number of H-pyrrole nitrogens is 1. The van der Waals surface area contributed by atoms with Gasteiger partial charge in [-0.15, -0.1) is 0 Å². The lowest BCUT2D eigenvalue weighted by Gasteiger charge is -2.22. The topological polar surface area (TPSA) is 102 Å². The van der Waals surface area contributed by atoms with Gasteiger partial charge in [0, 0.05) is 23.6 Å². The highest BCUT2D eigenvalue weighted by Gasteiger charge is 2.16. The van der Waals surface area contributed by atoms with Crippen molar-refractivity contribution in [2.45, 2.75) is 39.7 Å². The third-order valence-electron chi connectivity index (χ3n) is 5.27. The molecule has 0 saturated heterocycles. The van der Waals surface area contributed by atoms with Crippen LogP contribution < -0.4 is 15.0 Å². The van der Waals surface area contributed by atoms with Gasteiger partial charge in [0.2, 0.25) is 5.91 Å². The molecule has 1 N–H and O–H groups in total. The number of hydrogen-bond acceptors (Lipinski definition) is 6. The van der Waals surface area contributed by atoms with Gasteiger partial charge in [-0.05, 0) is 56.2 Å². The summed E-state index contributed by atoms with van der Waals surface area (Å²) in [5.41, 5.74) is 0.768. The normalized spacial score (nSPS) is 10.8. The molecule has 180 valence electrons. The first kappa shape index (κ1) is 25.2. The van der Waals surface area contributed by atoms with E-state index < -0.39 is 0 Å². The average Bonchev–Trinajstić information content (AvgIpc) is 2.81. The first-order valence-electron chi connectivity index (χ1n) is 11.1. The highest BCUT2D eigenvalue weighted by Crippen LogP contribution is 2.28. The molecule has 8 nitrogen and oxygen atoms in total. The molecule has 1 heterocycles. The predicted molar refractivity (Wildman–Crippen MR) is 131 cm³/mol. The third-order valence-corrected chi connectivity index (χ3v) is 5.50. The third kappa shape index (κ3) is 6.35. The fourth-order valence-corrected chi connectivity index (χ4v) is 3.71. The number of benzene rings is 2. The molecule has 0 radical (unpaired) electrons. The Hall–Kier alpha value is -3.39. The predicted octanol–water partition coefficient (Wildman–Crippen LogP) is 4.39. The van der Waals surface area contributed by atoms with Crippen molar-refractivity contribution in [3.63, 3.8) is 0 Å². The Kier molecular flexibility index (Phi) is 8.65. The molecular weight excluding hydrogens is 458 g/mol. The second kappa shape index (κ2) is 11.7. The van der Waals surface area contributed by atoms with Gasteiger partial charge in [0.1, 0.15) is 5.82 Å². The monoisotopic (exact) mass is 485 g/mol. The molecule has 0 unspecified atom stereocenters. The number of nitrogens with one attached hydrogen (secondary N) is 1. The van der Waals surface area contributed by atoms with Gasteiger partial charge in [-0.25, -0.2) is 4.98 Å². The van der Waals surface area contributed by atoms with E-state index in [9.17, 15) is 14.4 Å². The molecule has 0 atom stereocenters. The van der Waals surface area contributed by atoms with E-state index in [1.54, 1.807) is 41.3 Å². The molecule has 0 bridgehead atoms. The van der Waals surface area contributed by atoms with Gasteiger partial charge >= 0.3 is 0 Å². The maximum absolute atomic E-state index is 12.9. The second-order valence-corrected chi connectivity index (χ2v) is 8.30. The van der Waals surface area contributed by atoms with E-state index >= 15 is 0 Å². The maximum atomic E-state index is 12.9. The van der Waals surface area contributed by atoms with Crippen molar-refractivity contribution in [2.24, 2.45) is 0 Å². The summed E-state index contributed by atoms with van der Waals surface area (Å²) in [7, 11) is 1.51. The molecule has 0 aliphatic rings. The van der Waals surface area contributed by atoms with E-state index in [-0.39, 0.29) is 30.2 Å². The van der Waals surface area contributed by atoms with Crippen LogP contribution in [0.5, 0.6) is 11.5 Å². The molecule has 0 aliphatic heterocycles. The van der Waals surface area contributed by atoms with Crippen LogP contribution in [0.15, 0.2) is 41.2 Å². The van der Waals surface area contributed by atoms with Gasteiger partial charge in [-0.1, -0.05) is 18.5 Å². The van der Waals surface area contributed by atoms with Gasteiger partial charge in [-0.2, -0.15) is 0 Å². The summed E-state index contributed by atoms with van der Waals surface area (Å²) in [5, 5.41) is 0.941. The van der Waals surface area contributed by atoms with Crippen molar-refractivity contribution in [1.82, 2.24) is 14.9 Å². The van der Waals surface area contributed by atoms with Crippen LogP contribution in [-0.2, 0) is 11.3 Å². The van der Waals surface area contributed by atoms with E-state index in [0.717, 1.165) is 6.42 Å². The molecule has 3 aromatic rings. The number of aromatic nitrogens is 2. The van der Waals surface area contributed by atoms with Crippen LogP contribution in [0.4, 0.5) is 0 Å². The lowest BCUT2D eigenvalue weighted by Crippen LogP contribution is -2.32. The van der Waals surface area contributed by atoms with Gasteiger partial charge in [0.15, 0.2) is 17.3 Å². The number of halogens is 1. The van der Waals surface area contributed by atoms with Crippen LogP contribution in [0.2, 0.25) is 5.02 Å². The van der Waals surface area contributed by atoms with Gasteiger partial charge in [-0.3, -0.25) is 14.4 Å². The fraction of sp³-hybridized carbons (Fsp3) is 0.360. The van der Waals surface area contributed by atoms with Crippen molar-refractivity contribution in [2.75, 3.05) is 20.3 Å². The minimum atomic E-state index is -0.265. The first-order chi connectivity index (χ1) is 16.3. The molecule has 3 rings (SSSR count). The van der Waals surface area contributed by atoms with Crippen molar-refractivity contribution >= 4 is 34.2 Å². The molecule has 2 aromatic carbocycles. The summed E-state index contributed by atoms with van der Waals surface area (Å²) in [6.45, 7) is 4.52. The largest absolute Gasteiger partial charge is 0.493 e. The van der Waals surface area contributed by atoms with Crippen molar-refractivity contribution in [3.05, 3.63) is 63.2 Å². The SMILES string of the molecule is CCCN(Cc1nc2cc(Cl)ccc2c(=O)[nH]1)C(=O)CCCOc1ccc(C(C)=O)cc1OC. The van der Waals surface area contributed by atoms with Crippen molar-refractivity contribution in [1.29, 1.82) is 0 Å². The Morgan fingerprint density at radius 1 is 1.15 bits per heavy atom. The van der Waals surface area contributed by atoms with Crippen LogP contribution in [-0.4, -0.2) is 46.8 Å². The van der Waals surface area contributed by atoms with Crippen LogP contribution >= 0.6 is 11.6 Å². The van der Waals surface area contributed by atoms with Crippen LogP contribution in [0.25, 0.3) is 10.9 Å². The number of ether oxygens (including phenoxy) is 2. The molecule has 9 heteroatoms. The number of Topliss-reactive ketones (excluding diaryl/α,β-unsaturated/α-hetero) is 1. The summed E-state index contributed by atoms with van der Waals surface area (Å²) in [4.78, 5) is 45.7. The van der Waals surface area contributed by atoms with E-state index in [4.69, 9.17) is 21.1 Å². The van der Waals surface area contributed by atoms with Gasteiger partial charge in [0.25, 0.3) is 5.56 Å². The summed E-state index contributed by atoms with van der Waals surface area (Å²) >= 11 is 6.03. The van der Waals surface area contributed by atoms with Crippen molar-refractivity contribution in [3.8, 4) is 11.5 Å². The summed E-state index contributed by atoms with van der Waals surface area (Å²) in [6, 6.07) is 9.91. The summed E-state index contributed by atoms with van der Waals surface area (Å²) < 4.78 is 11.1. The molecule has 0 saturated carbocycles. The Labute approximate surface area is 202 Å². The first-order valence-corrected chi connectivity index (χ1v) is 11.5. The number of amides is 1. The minimum Gasteiger partial charge on any atom is -0.493 e. The van der Waals surface area contributed by atoms with Crippen LogP contribution in [0.3, 0.4) is 0 Å². The number of nitrogens with zero attached hydrogens (tertiary/aromatic N) is 2. The zero-order valence-corrected chi connectivity index (χ0v) is 20.3.